The molecule has 1 heterocycles. The Morgan fingerprint density at radius 1 is 1.33 bits per heavy atom. The van der Waals surface area contributed by atoms with E-state index in [1.54, 1.807) is 5.92 Å². The van der Waals surface area contributed by atoms with Crippen LogP contribution in [0.2, 0.25) is 0 Å². The molecule has 2 aliphatic rings. The second-order valence-electron chi connectivity index (χ2n) is 3.89. The average Bonchev–Trinajstić information content (AvgIpc) is 2.99. The lowest BCUT2D eigenvalue weighted by atomic mass is 10.1. The van der Waals surface area contributed by atoms with Crippen molar-refractivity contribution in [2.24, 2.45) is 5.92 Å². The highest BCUT2D eigenvalue weighted by atomic mass is 14.6. The van der Waals surface area contributed by atoms with Crippen LogP contribution in [0.5, 0.6) is 0 Å². The maximum atomic E-state index is 4.15. The average molecular weight is 158 g/mol. The highest BCUT2D eigenvalue weighted by molar-refractivity contribution is 5.37. The molecule has 2 aliphatic carbocycles. The van der Waals surface area contributed by atoms with Crippen LogP contribution in [-0.2, 0) is 0 Å². The summed E-state index contributed by atoms with van der Waals surface area (Å²) in [6.07, 6.45) is 8.11. The topological polar surface area (TPSA) is 12.9 Å². The molecule has 0 spiro atoms. The third kappa shape index (κ3) is 1.04. The summed E-state index contributed by atoms with van der Waals surface area (Å²) < 4.78 is 0. The van der Waals surface area contributed by atoms with Crippen LogP contribution < -0.4 is 0 Å². The largest absolute Gasteiger partial charge is 0.264 e. The lowest BCUT2D eigenvalue weighted by Gasteiger charge is -1.96. The van der Waals surface area contributed by atoms with Crippen molar-refractivity contribution >= 4 is 0 Å². The minimum atomic E-state index is 0.784. The van der Waals surface area contributed by atoms with Crippen LogP contribution in [0.1, 0.15) is 30.7 Å². The van der Waals surface area contributed by atoms with Crippen molar-refractivity contribution in [2.45, 2.75) is 25.2 Å². The van der Waals surface area contributed by atoms with Crippen LogP contribution in [0.25, 0.3) is 0 Å². The molecule has 0 N–H and O–H groups in total. The Bertz CT molecular complexity index is 276. The van der Waals surface area contributed by atoms with Gasteiger partial charge in [0.1, 0.15) is 0 Å². The Balaban J connectivity index is 1.76. The van der Waals surface area contributed by atoms with E-state index in [2.05, 4.69) is 11.1 Å². The summed E-state index contributed by atoms with van der Waals surface area (Å²) in [6.45, 7) is 0. The zero-order chi connectivity index (χ0) is 7.97. The van der Waals surface area contributed by atoms with Gasteiger partial charge in [-0.15, -0.1) is 0 Å². The lowest BCUT2D eigenvalue weighted by molar-refractivity contribution is 0.935. The lowest BCUT2D eigenvalue weighted by Crippen LogP contribution is -1.84. The molecule has 3 rings (SSSR count). The van der Waals surface area contributed by atoms with Gasteiger partial charge in [-0.2, -0.15) is 0 Å². The second kappa shape index (κ2) is 2.32. The molecule has 1 radical (unpaired) electrons. The maximum absolute atomic E-state index is 4.15. The van der Waals surface area contributed by atoms with Gasteiger partial charge in [0.05, 0.1) is 0 Å². The van der Waals surface area contributed by atoms with Crippen molar-refractivity contribution in [3.05, 3.63) is 36.0 Å². The van der Waals surface area contributed by atoms with Gasteiger partial charge in [-0.05, 0) is 48.6 Å². The van der Waals surface area contributed by atoms with E-state index in [1.807, 2.05) is 18.5 Å². The minimum absolute atomic E-state index is 0.784. The fourth-order valence-corrected chi connectivity index (χ4v) is 2.00. The van der Waals surface area contributed by atoms with E-state index in [9.17, 15) is 0 Å². The molecule has 0 aromatic carbocycles. The van der Waals surface area contributed by atoms with E-state index in [4.69, 9.17) is 0 Å². The van der Waals surface area contributed by atoms with E-state index in [1.165, 1.54) is 24.8 Å². The van der Waals surface area contributed by atoms with E-state index >= 15 is 0 Å². The molecule has 0 aliphatic heterocycles. The molecular formula is C11H12N. The van der Waals surface area contributed by atoms with Gasteiger partial charge in [0, 0.05) is 12.4 Å². The fraction of sp³-hybridized carbons (Fsp3) is 0.455. The van der Waals surface area contributed by atoms with Crippen molar-refractivity contribution < 1.29 is 0 Å². The Morgan fingerprint density at radius 3 is 2.92 bits per heavy atom. The number of hydrogen-bond donors (Lipinski definition) is 0. The third-order valence-electron chi connectivity index (χ3n) is 2.92. The van der Waals surface area contributed by atoms with Crippen LogP contribution in [-0.4, -0.2) is 4.98 Å². The molecule has 1 nitrogen and oxygen atoms in total. The molecule has 2 fully saturated rings. The summed E-state index contributed by atoms with van der Waals surface area (Å²) >= 11 is 0. The Hall–Kier alpha value is -0.850. The Morgan fingerprint density at radius 2 is 2.25 bits per heavy atom. The molecular weight excluding hydrogens is 146 g/mol. The Labute approximate surface area is 72.8 Å². The smallest absolute Gasteiger partial charge is 0.0302 e. The van der Waals surface area contributed by atoms with Gasteiger partial charge in [0.25, 0.3) is 0 Å². The summed E-state index contributed by atoms with van der Waals surface area (Å²) in [4.78, 5) is 4.15. The summed E-state index contributed by atoms with van der Waals surface area (Å²) in [5.74, 6) is 3.57. The van der Waals surface area contributed by atoms with Gasteiger partial charge in [0.2, 0.25) is 0 Å². The molecule has 0 amide bonds. The van der Waals surface area contributed by atoms with Crippen LogP contribution >= 0.6 is 0 Å². The molecule has 0 saturated heterocycles. The molecule has 1 atom stereocenters. The van der Waals surface area contributed by atoms with Gasteiger partial charge >= 0.3 is 0 Å². The zero-order valence-electron chi connectivity index (χ0n) is 7.03. The second-order valence-corrected chi connectivity index (χ2v) is 3.89. The SMILES string of the molecule is c1cncc(C2C[C]2C2CC2)c1. The first-order valence-electron chi connectivity index (χ1n) is 4.70. The summed E-state index contributed by atoms with van der Waals surface area (Å²) in [6, 6.07) is 4.24. The first-order valence-corrected chi connectivity index (χ1v) is 4.70. The highest BCUT2D eigenvalue weighted by Crippen LogP contribution is 2.60. The molecule has 2 saturated carbocycles. The molecule has 12 heavy (non-hydrogen) atoms. The first-order chi connectivity index (χ1) is 5.95. The van der Waals surface area contributed by atoms with E-state index in [-0.39, 0.29) is 0 Å². The standard InChI is InChI=1S/C11H12N/c1-2-9(7-12-5-1)11-6-10(11)8-3-4-8/h1-2,5,7-8,11H,3-4,6H2. The normalized spacial score (nSPS) is 28.8. The summed E-state index contributed by atoms with van der Waals surface area (Å²) in [7, 11) is 0. The van der Waals surface area contributed by atoms with Crippen molar-refractivity contribution in [1.29, 1.82) is 0 Å². The van der Waals surface area contributed by atoms with Crippen molar-refractivity contribution in [1.82, 2.24) is 4.98 Å². The van der Waals surface area contributed by atoms with Crippen LogP contribution in [0.4, 0.5) is 0 Å². The van der Waals surface area contributed by atoms with Gasteiger partial charge in [0.15, 0.2) is 0 Å². The summed E-state index contributed by atoms with van der Waals surface area (Å²) in [5, 5.41) is 0. The third-order valence-corrected chi connectivity index (χ3v) is 2.92. The van der Waals surface area contributed by atoms with Gasteiger partial charge in [-0.25, -0.2) is 0 Å². The van der Waals surface area contributed by atoms with Gasteiger partial charge in [-0.1, -0.05) is 6.07 Å². The van der Waals surface area contributed by atoms with Crippen LogP contribution in [0, 0.1) is 11.8 Å². The quantitative estimate of drug-likeness (QED) is 0.644. The number of nitrogens with zero attached hydrogens (tertiary/aromatic N) is 1. The highest BCUT2D eigenvalue weighted by Gasteiger charge is 2.48. The monoisotopic (exact) mass is 158 g/mol. The molecule has 1 unspecified atom stereocenters. The minimum Gasteiger partial charge on any atom is -0.264 e. The Kier molecular flexibility index (Phi) is 1.28. The molecule has 1 aromatic rings. The van der Waals surface area contributed by atoms with Gasteiger partial charge < -0.3 is 0 Å². The molecule has 61 valence electrons. The number of hydrogen-bond acceptors (Lipinski definition) is 1. The number of rotatable bonds is 2. The molecule has 1 aromatic heterocycles. The summed E-state index contributed by atoms with van der Waals surface area (Å²) in [5.41, 5.74) is 1.43. The number of pyridine rings is 1. The predicted octanol–water partition coefficient (Wildman–Crippen LogP) is 2.55. The van der Waals surface area contributed by atoms with Crippen molar-refractivity contribution in [3.8, 4) is 0 Å². The van der Waals surface area contributed by atoms with Gasteiger partial charge in [-0.3, -0.25) is 4.98 Å². The number of aromatic nitrogens is 1. The maximum Gasteiger partial charge on any atom is 0.0302 e. The first kappa shape index (κ1) is 6.64. The van der Waals surface area contributed by atoms with E-state index in [0.717, 1.165) is 11.8 Å². The van der Waals surface area contributed by atoms with E-state index < -0.39 is 0 Å². The predicted molar refractivity (Wildman–Crippen MR) is 47.6 cm³/mol. The van der Waals surface area contributed by atoms with Crippen molar-refractivity contribution in [2.75, 3.05) is 0 Å². The molecule has 0 bridgehead atoms. The van der Waals surface area contributed by atoms with Crippen LogP contribution in [0.3, 0.4) is 0 Å². The zero-order valence-corrected chi connectivity index (χ0v) is 7.03. The van der Waals surface area contributed by atoms with Crippen molar-refractivity contribution in [3.63, 3.8) is 0 Å². The van der Waals surface area contributed by atoms with E-state index in [0.29, 0.717) is 0 Å². The molecule has 1 heteroatoms. The fourth-order valence-electron chi connectivity index (χ4n) is 2.00. The van der Waals surface area contributed by atoms with Crippen LogP contribution in [0.15, 0.2) is 24.5 Å².